The average Bonchev–Trinajstić information content (AvgIpc) is 3.09. The third-order valence-corrected chi connectivity index (χ3v) is 3.83. The van der Waals surface area contributed by atoms with E-state index < -0.39 is 0 Å². The highest BCUT2D eigenvalue weighted by Gasteiger charge is 2.16. The summed E-state index contributed by atoms with van der Waals surface area (Å²) >= 11 is 0. The van der Waals surface area contributed by atoms with Gasteiger partial charge in [0.2, 0.25) is 0 Å². The van der Waals surface area contributed by atoms with E-state index in [-0.39, 0.29) is 12.0 Å². The predicted molar refractivity (Wildman–Crippen MR) is 95.9 cm³/mol. The van der Waals surface area contributed by atoms with Crippen molar-refractivity contribution < 1.29 is 9.53 Å². The quantitative estimate of drug-likeness (QED) is 0.523. The average molecular weight is 332 g/mol. The number of rotatable bonds is 7. The summed E-state index contributed by atoms with van der Waals surface area (Å²) in [6.07, 6.45) is 2.23. The summed E-state index contributed by atoms with van der Waals surface area (Å²) in [4.78, 5) is 16.5. The lowest BCUT2D eigenvalue weighted by atomic mass is 10.1. The summed E-state index contributed by atoms with van der Waals surface area (Å²) in [5.74, 6) is 0.855. The Labute approximate surface area is 143 Å². The maximum absolute atomic E-state index is 12.2. The zero-order chi connectivity index (χ0) is 17.4. The largest absolute Gasteiger partial charge is 0.376 e. The van der Waals surface area contributed by atoms with Gasteiger partial charge in [0.1, 0.15) is 0 Å². The highest BCUT2D eigenvalue weighted by atomic mass is 16.5. The molecule has 2 rings (SSSR count). The Morgan fingerprint density at radius 1 is 1.42 bits per heavy atom. The highest BCUT2D eigenvalue weighted by Crippen LogP contribution is 2.11. The van der Waals surface area contributed by atoms with Gasteiger partial charge in [0.15, 0.2) is 5.96 Å². The topological polar surface area (TPSA) is 88.7 Å². The molecule has 1 saturated heterocycles. The molecule has 0 saturated carbocycles. The standard InChI is InChI=1S/C18H28N4O2/c1-13(2)10-21-18(19)22-11-14-5-3-6-15(9-14)17(23)20-12-16-7-4-8-24-16/h3,5-6,9,13,16H,4,7-8,10-12H2,1-2H3,(H,20,23)(H3,19,21,22). The lowest BCUT2D eigenvalue weighted by Crippen LogP contribution is -2.34. The van der Waals surface area contributed by atoms with E-state index in [4.69, 9.17) is 10.5 Å². The number of nitrogens with one attached hydrogen (secondary N) is 2. The van der Waals surface area contributed by atoms with Crippen LogP contribution >= 0.6 is 0 Å². The van der Waals surface area contributed by atoms with Crippen LogP contribution in [0.25, 0.3) is 0 Å². The monoisotopic (exact) mass is 332 g/mol. The van der Waals surface area contributed by atoms with Crippen LogP contribution in [0.5, 0.6) is 0 Å². The summed E-state index contributed by atoms with van der Waals surface area (Å²) in [7, 11) is 0. The first kappa shape index (κ1) is 18.3. The Bertz CT molecular complexity index is 566. The van der Waals surface area contributed by atoms with Crippen molar-refractivity contribution in [2.24, 2.45) is 16.6 Å². The van der Waals surface area contributed by atoms with Crippen LogP contribution < -0.4 is 16.4 Å². The Balaban J connectivity index is 1.85. The molecule has 1 amide bonds. The fourth-order valence-corrected chi connectivity index (χ4v) is 2.47. The van der Waals surface area contributed by atoms with Gasteiger partial charge in [-0.05, 0) is 36.5 Å². The number of guanidine groups is 1. The van der Waals surface area contributed by atoms with Gasteiger partial charge in [0.25, 0.3) is 5.91 Å². The third kappa shape index (κ3) is 6.20. The van der Waals surface area contributed by atoms with Crippen LogP contribution in [-0.2, 0) is 11.3 Å². The van der Waals surface area contributed by atoms with Crippen molar-refractivity contribution >= 4 is 11.9 Å². The summed E-state index contributed by atoms with van der Waals surface area (Å²) in [5, 5.41) is 6.00. The van der Waals surface area contributed by atoms with Crippen molar-refractivity contribution in [2.75, 3.05) is 19.7 Å². The van der Waals surface area contributed by atoms with Gasteiger partial charge in [-0.25, -0.2) is 4.99 Å². The molecule has 4 N–H and O–H groups in total. The normalized spacial score (nSPS) is 18.0. The van der Waals surface area contributed by atoms with Crippen molar-refractivity contribution in [1.29, 1.82) is 0 Å². The molecule has 1 aromatic carbocycles. The van der Waals surface area contributed by atoms with Gasteiger partial charge in [-0.1, -0.05) is 26.0 Å². The molecule has 1 fully saturated rings. The molecule has 1 atom stereocenters. The molecule has 24 heavy (non-hydrogen) atoms. The van der Waals surface area contributed by atoms with Gasteiger partial charge < -0.3 is 21.1 Å². The van der Waals surface area contributed by atoms with Crippen LogP contribution in [0.3, 0.4) is 0 Å². The van der Waals surface area contributed by atoms with E-state index in [0.717, 1.165) is 31.6 Å². The maximum Gasteiger partial charge on any atom is 0.251 e. The molecule has 0 aromatic heterocycles. The molecular weight excluding hydrogens is 304 g/mol. The number of benzene rings is 1. The summed E-state index contributed by atoms with van der Waals surface area (Å²) < 4.78 is 5.51. The highest BCUT2D eigenvalue weighted by molar-refractivity contribution is 5.94. The molecular formula is C18H28N4O2. The van der Waals surface area contributed by atoms with E-state index in [0.29, 0.717) is 30.5 Å². The predicted octanol–water partition coefficient (Wildman–Crippen LogP) is 1.66. The minimum absolute atomic E-state index is 0.0813. The molecule has 6 nitrogen and oxygen atoms in total. The first-order chi connectivity index (χ1) is 11.5. The summed E-state index contributed by atoms with van der Waals surface area (Å²) in [6.45, 7) is 6.82. The van der Waals surface area contributed by atoms with E-state index in [1.54, 1.807) is 6.07 Å². The molecule has 0 radical (unpaired) electrons. The molecule has 1 unspecified atom stereocenters. The zero-order valence-corrected chi connectivity index (χ0v) is 14.5. The van der Waals surface area contributed by atoms with E-state index in [9.17, 15) is 4.79 Å². The van der Waals surface area contributed by atoms with Gasteiger partial charge in [-0.15, -0.1) is 0 Å². The number of ether oxygens (including phenoxy) is 1. The van der Waals surface area contributed by atoms with Crippen LogP contribution in [0.15, 0.2) is 29.3 Å². The minimum Gasteiger partial charge on any atom is -0.376 e. The van der Waals surface area contributed by atoms with E-state index >= 15 is 0 Å². The first-order valence-electron chi connectivity index (χ1n) is 8.57. The molecule has 132 valence electrons. The minimum atomic E-state index is -0.0813. The third-order valence-electron chi connectivity index (χ3n) is 3.83. The summed E-state index contributed by atoms with van der Waals surface area (Å²) in [5.41, 5.74) is 7.42. The smallest absolute Gasteiger partial charge is 0.251 e. The van der Waals surface area contributed by atoms with E-state index in [2.05, 4.69) is 29.5 Å². The number of nitrogens with two attached hydrogens (primary N) is 1. The number of aliphatic imine (C=N–C) groups is 1. The Morgan fingerprint density at radius 3 is 2.96 bits per heavy atom. The van der Waals surface area contributed by atoms with E-state index in [1.807, 2.05) is 18.2 Å². The fraction of sp³-hybridized carbons (Fsp3) is 0.556. The van der Waals surface area contributed by atoms with Gasteiger partial charge in [-0.3, -0.25) is 4.79 Å². The SMILES string of the molecule is CC(C)CNC(N)=NCc1cccc(C(=O)NCC2CCCO2)c1. The van der Waals surface area contributed by atoms with Crippen LogP contribution in [0.1, 0.15) is 42.6 Å². The molecule has 0 spiro atoms. The fourth-order valence-electron chi connectivity index (χ4n) is 2.47. The van der Waals surface area contributed by atoms with Crippen LogP contribution in [0.2, 0.25) is 0 Å². The van der Waals surface area contributed by atoms with Crippen LogP contribution in [-0.4, -0.2) is 37.7 Å². The molecule has 0 bridgehead atoms. The number of carbonyl (C=O) groups is 1. The van der Waals surface area contributed by atoms with Gasteiger partial charge >= 0.3 is 0 Å². The van der Waals surface area contributed by atoms with Crippen molar-refractivity contribution in [3.05, 3.63) is 35.4 Å². The number of amides is 1. The Kier molecular flexibility index (Phi) is 7.06. The van der Waals surface area contributed by atoms with Crippen molar-refractivity contribution in [2.45, 2.75) is 39.3 Å². The summed E-state index contributed by atoms with van der Waals surface area (Å²) in [6, 6.07) is 7.46. The van der Waals surface area contributed by atoms with Gasteiger partial charge in [0.05, 0.1) is 12.6 Å². The second-order valence-corrected chi connectivity index (χ2v) is 6.52. The second kappa shape index (κ2) is 9.27. The van der Waals surface area contributed by atoms with Gasteiger partial charge in [-0.2, -0.15) is 0 Å². The van der Waals surface area contributed by atoms with Gasteiger partial charge in [0, 0.05) is 25.3 Å². The van der Waals surface area contributed by atoms with Crippen molar-refractivity contribution in [1.82, 2.24) is 10.6 Å². The number of hydrogen-bond donors (Lipinski definition) is 3. The lowest BCUT2D eigenvalue weighted by molar-refractivity contribution is 0.0857. The maximum atomic E-state index is 12.2. The zero-order valence-electron chi connectivity index (χ0n) is 14.5. The molecule has 6 heteroatoms. The van der Waals surface area contributed by atoms with Crippen molar-refractivity contribution in [3.63, 3.8) is 0 Å². The number of nitrogens with zero attached hydrogens (tertiary/aromatic N) is 1. The number of hydrogen-bond acceptors (Lipinski definition) is 3. The molecule has 1 aliphatic rings. The second-order valence-electron chi connectivity index (χ2n) is 6.52. The first-order valence-corrected chi connectivity index (χ1v) is 8.57. The molecule has 1 aliphatic heterocycles. The molecule has 0 aliphatic carbocycles. The van der Waals surface area contributed by atoms with Crippen LogP contribution in [0.4, 0.5) is 0 Å². The van der Waals surface area contributed by atoms with Crippen molar-refractivity contribution in [3.8, 4) is 0 Å². The Hall–Kier alpha value is -2.08. The van der Waals surface area contributed by atoms with E-state index in [1.165, 1.54) is 0 Å². The Morgan fingerprint density at radius 2 is 2.25 bits per heavy atom. The van der Waals surface area contributed by atoms with Crippen LogP contribution in [0, 0.1) is 5.92 Å². The molecule has 1 aromatic rings. The number of carbonyl (C=O) groups excluding carboxylic acids is 1. The molecule has 1 heterocycles. The lowest BCUT2D eigenvalue weighted by Gasteiger charge is -2.11.